The highest BCUT2D eigenvalue weighted by Gasteiger charge is 2.30. The molecule has 0 amide bonds. The van der Waals surface area contributed by atoms with Gasteiger partial charge in [0.1, 0.15) is 5.82 Å². The second kappa shape index (κ2) is 5.57. The molecule has 3 rings (SSSR count). The molecule has 0 bridgehead atoms. The first-order valence-electron chi connectivity index (χ1n) is 6.77. The van der Waals surface area contributed by atoms with Crippen LogP contribution in [0.15, 0.2) is 41.8 Å². The second-order valence-corrected chi connectivity index (χ2v) is 7.17. The first-order chi connectivity index (χ1) is 10.1. The first kappa shape index (κ1) is 14.2. The predicted molar refractivity (Wildman–Crippen MR) is 76.0 cm³/mol. The molecule has 2 aromatic rings. The Labute approximate surface area is 122 Å². The molecule has 0 aliphatic carbocycles. The average molecular weight is 309 g/mol. The zero-order valence-corrected chi connectivity index (χ0v) is 12.2. The maximum atomic E-state index is 13.4. The minimum Gasteiger partial charge on any atom is -0.336 e. The molecule has 1 N–H and O–H groups in total. The van der Waals surface area contributed by atoms with Crippen LogP contribution in [0.2, 0.25) is 0 Å². The number of hydrogen-bond acceptors (Lipinski definition) is 4. The van der Waals surface area contributed by atoms with Gasteiger partial charge in [-0.2, -0.15) is 0 Å². The number of nitrogens with zero attached hydrogens (tertiary/aromatic N) is 2. The summed E-state index contributed by atoms with van der Waals surface area (Å²) in [5.74, 6) is -0.318. The Kier molecular flexibility index (Phi) is 3.77. The summed E-state index contributed by atoms with van der Waals surface area (Å²) in [5.41, 5.74) is 0.534. The number of sulfone groups is 1. The van der Waals surface area contributed by atoms with Crippen LogP contribution < -0.4 is 5.32 Å². The maximum Gasteiger partial charge on any atom is 0.178 e. The summed E-state index contributed by atoms with van der Waals surface area (Å²) in [4.78, 5) is 4.21. The van der Waals surface area contributed by atoms with Crippen molar-refractivity contribution in [2.45, 2.75) is 23.9 Å². The number of imidazole rings is 1. The molecule has 1 aliphatic rings. The Bertz CT molecular complexity index is 729. The molecular weight excluding hydrogens is 293 g/mol. The Morgan fingerprint density at radius 3 is 3.05 bits per heavy atom. The third kappa shape index (κ3) is 2.98. The number of aromatic nitrogens is 2. The normalized spacial score (nSPS) is 20.1. The van der Waals surface area contributed by atoms with Gasteiger partial charge in [0, 0.05) is 31.5 Å². The summed E-state index contributed by atoms with van der Waals surface area (Å²) in [5, 5.41) is 3.30. The SMILES string of the molecule is O=S1(=O)CCC(NCCn2ccnc2)c2cc(F)ccc21. The van der Waals surface area contributed by atoms with Gasteiger partial charge < -0.3 is 9.88 Å². The molecule has 7 heteroatoms. The zero-order chi connectivity index (χ0) is 14.9. The molecule has 0 spiro atoms. The van der Waals surface area contributed by atoms with Crippen molar-refractivity contribution in [2.75, 3.05) is 12.3 Å². The van der Waals surface area contributed by atoms with E-state index in [0.29, 0.717) is 18.5 Å². The number of nitrogens with one attached hydrogen (secondary N) is 1. The van der Waals surface area contributed by atoms with Crippen molar-refractivity contribution in [3.05, 3.63) is 48.3 Å². The lowest BCUT2D eigenvalue weighted by Gasteiger charge is -2.26. The summed E-state index contributed by atoms with van der Waals surface area (Å²) < 4.78 is 39.4. The molecule has 0 radical (unpaired) electrons. The van der Waals surface area contributed by atoms with Crippen LogP contribution in [0, 0.1) is 5.82 Å². The minimum atomic E-state index is -3.28. The van der Waals surface area contributed by atoms with E-state index in [1.807, 2.05) is 10.8 Å². The molecule has 1 aromatic heterocycles. The third-order valence-electron chi connectivity index (χ3n) is 3.68. The largest absolute Gasteiger partial charge is 0.336 e. The molecule has 112 valence electrons. The van der Waals surface area contributed by atoms with Crippen molar-refractivity contribution in [1.82, 2.24) is 14.9 Å². The second-order valence-electron chi connectivity index (χ2n) is 5.10. The highest BCUT2D eigenvalue weighted by atomic mass is 32.2. The van der Waals surface area contributed by atoms with E-state index in [4.69, 9.17) is 0 Å². The summed E-state index contributed by atoms with van der Waals surface area (Å²) in [6.45, 7) is 1.39. The van der Waals surface area contributed by atoms with Crippen LogP contribution in [-0.2, 0) is 16.4 Å². The highest BCUT2D eigenvalue weighted by Crippen LogP contribution is 2.32. The van der Waals surface area contributed by atoms with Crippen molar-refractivity contribution < 1.29 is 12.8 Å². The Morgan fingerprint density at radius 1 is 1.43 bits per heavy atom. The first-order valence-corrected chi connectivity index (χ1v) is 8.43. The lowest BCUT2D eigenvalue weighted by atomic mass is 10.0. The fourth-order valence-electron chi connectivity index (χ4n) is 2.61. The van der Waals surface area contributed by atoms with Gasteiger partial charge in [0.2, 0.25) is 0 Å². The molecule has 0 saturated heterocycles. The van der Waals surface area contributed by atoms with Gasteiger partial charge in [0.25, 0.3) is 0 Å². The molecule has 21 heavy (non-hydrogen) atoms. The third-order valence-corrected chi connectivity index (χ3v) is 5.49. The van der Waals surface area contributed by atoms with Gasteiger partial charge in [0.15, 0.2) is 9.84 Å². The van der Waals surface area contributed by atoms with Gasteiger partial charge in [0.05, 0.1) is 17.0 Å². The fourth-order valence-corrected chi connectivity index (χ4v) is 4.21. The van der Waals surface area contributed by atoms with E-state index >= 15 is 0 Å². The lowest BCUT2D eigenvalue weighted by Crippen LogP contribution is -2.31. The number of benzene rings is 1. The van der Waals surface area contributed by atoms with Crippen LogP contribution in [0.3, 0.4) is 0 Å². The quantitative estimate of drug-likeness (QED) is 0.870. The van der Waals surface area contributed by atoms with E-state index in [1.54, 1.807) is 12.5 Å². The van der Waals surface area contributed by atoms with Crippen LogP contribution in [0.5, 0.6) is 0 Å². The number of hydrogen-bond donors (Lipinski definition) is 1. The number of fused-ring (bicyclic) bond motifs is 1. The van der Waals surface area contributed by atoms with E-state index in [0.717, 1.165) is 6.54 Å². The average Bonchev–Trinajstić information content (AvgIpc) is 2.94. The van der Waals surface area contributed by atoms with Gasteiger partial charge in [-0.3, -0.25) is 0 Å². The molecule has 2 heterocycles. The molecule has 1 aromatic carbocycles. The van der Waals surface area contributed by atoms with E-state index in [1.165, 1.54) is 18.2 Å². The van der Waals surface area contributed by atoms with Crippen molar-refractivity contribution >= 4 is 9.84 Å². The topological polar surface area (TPSA) is 64.0 Å². The van der Waals surface area contributed by atoms with Crippen LogP contribution in [0.25, 0.3) is 0 Å². The number of halogens is 1. The van der Waals surface area contributed by atoms with Crippen LogP contribution in [0.4, 0.5) is 4.39 Å². The van der Waals surface area contributed by atoms with E-state index < -0.39 is 15.7 Å². The van der Waals surface area contributed by atoms with Crippen LogP contribution in [0.1, 0.15) is 18.0 Å². The summed E-state index contributed by atoms with van der Waals surface area (Å²) in [6, 6.07) is 3.75. The highest BCUT2D eigenvalue weighted by molar-refractivity contribution is 7.91. The molecule has 1 atom stereocenters. The van der Waals surface area contributed by atoms with Gasteiger partial charge in [-0.25, -0.2) is 17.8 Å². The van der Waals surface area contributed by atoms with E-state index in [2.05, 4.69) is 10.3 Å². The lowest BCUT2D eigenvalue weighted by molar-refractivity contribution is 0.470. The van der Waals surface area contributed by atoms with Crippen molar-refractivity contribution in [1.29, 1.82) is 0 Å². The Hall–Kier alpha value is -1.73. The molecule has 5 nitrogen and oxygen atoms in total. The zero-order valence-electron chi connectivity index (χ0n) is 11.4. The molecule has 1 aliphatic heterocycles. The van der Waals surface area contributed by atoms with Crippen molar-refractivity contribution in [3.63, 3.8) is 0 Å². The van der Waals surface area contributed by atoms with Crippen molar-refractivity contribution in [2.24, 2.45) is 0 Å². The van der Waals surface area contributed by atoms with Crippen molar-refractivity contribution in [3.8, 4) is 0 Å². The van der Waals surface area contributed by atoms with E-state index in [-0.39, 0.29) is 16.7 Å². The minimum absolute atomic E-state index is 0.0916. The van der Waals surface area contributed by atoms with E-state index in [9.17, 15) is 12.8 Å². The fraction of sp³-hybridized carbons (Fsp3) is 0.357. The molecular formula is C14H16FN3O2S. The summed E-state index contributed by atoms with van der Waals surface area (Å²) in [6.07, 6.45) is 5.75. The Morgan fingerprint density at radius 2 is 2.29 bits per heavy atom. The monoisotopic (exact) mass is 309 g/mol. The standard InChI is InChI=1S/C14H16FN3O2S/c15-11-1-2-14-12(9-11)13(3-8-21(14,19)20)17-5-7-18-6-4-16-10-18/h1-2,4,6,9-10,13,17H,3,5,7-8H2. The smallest absolute Gasteiger partial charge is 0.178 e. The van der Waals surface area contributed by atoms with Crippen LogP contribution in [-0.4, -0.2) is 30.3 Å². The van der Waals surface area contributed by atoms with Gasteiger partial charge in [-0.1, -0.05) is 0 Å². The van der Waals surface area contributed by atoms with Gasteiger partial charge in [-0.15, -0.1) is 0 Å². The Balaban J connectivity index is 1.76. The molecule has 0 saturated carbocycles. The molecule has 1 unspecified atom stereocenters. The summed E-state index contributed by atoms with van der Waals surface area (Å²) in [7, 11) is -3.28. The summed E-state index contributed by atoms with van der Waals surface area (Å²) >= 11 is 0. The predicted octanol–water partition coefficient (Wildman–Crippen LogP) is 1.53. The van der Waals surface area contributed by atoms with Gasteiger partial charge in [-0.05, 0) is 30.2 Å². The number of rotatable bonds is 4. The maximum absolute atomic E-state index is 13.4. The van der Waals surface area contributed by atoms with Crippen LogP contribution >= 0.6 is 0 Å². The van der Waals surface area contributed by atoms with Gasteiger partial charge >= 0.3 is 0 Å². The molecule has 0 fully saturated rings.